The van der Waals surface area contributed by atoms with Gasteiger partial charge in [0.1, 0.15) is 0 Å². The van der Waals surface area contributed by atoms with E-state index >= 15 is 0 Å². The number of hydrogen-bond acceptors (Lipinski definition) is 5. The fourth-order valence-corrected chi connectivity index (χ4v) is 2.12. The van der Waals surface area contributed by atoms with Crippen molar-refractivity contribution in [3.05, 3.63) is 75.8 Å². The van der Waals surface area contributed by atoms with Gasteiger partial charge in [0.25, 0.3) is 11.6 Å². The average molecular weight is 394 g/mol. The number of para-hydroxylation sites is 1. The lowest BCUT2D eigenvalue weighted by molar-refractivity contribution is -0.384. The summed E-state index contributed by atoms with van der Waals surface area (Å²) in [6.07, 6.45) is -2.47. The Hall–Kier alpha value is -3.69. The van der Waals surface area contributed by atoms with Crippen LogP contribution in [0.15, 0.2) is 54.6 Å². The lowest BCUT2D eigenvalue weighted by Gasteiger charge is -2.13. The van der Waals surface area contributed by atoms with E-state index in [2.05, 4.69) is 4.74 Å². The number of amides is 1. The largest absolute Gasteiger partial charge is 0.452 e. The molecule has 2 aromatic carbocycles. The van der Waals surface area contributed by atoms with Crippen LogP contribution in [0.2, 0.25) is 0 Å². The molecular weight excluding hydrogens is 381 g/mol. The van der Waals surface area contributed by atoms with Crippen LogP contribution in [0.3, 0.4) is 0 Å². The quantitative estimate of drug-likeness (QED) is 0.348. The SMILES string of the molecule is O=C(COC(=O)C=Cc1cccc([N+](=O)[O-])c1)Nc1ccccc1C(F)(F)F. The van der Waals surface area contributed by atoms with Crippen LogP contribution in [0.4, 0.5) is 24.5 Å². The summed E-state index contributed by atoms with van der Waals surface area (Å²) in [4.78, 5) is 33.4. The summed E-state index contributed by atoms with van der Waals surface area (Å²) in [5.41, 5.74) is -1.30. The molecule has 2 aromatic rings. The number of carbonyl (C=O) groups is 2. The summed E-state index contributed by atoms with van der Waals surface area (Å²) in [5, 5.41) is 12.7. The number of ether oxygens (including phenoxy) is 1. The molecule has 0 fully saturated rings. The van der Waals surface area contributed by atoms with Crippen molar-refractivity contribution in [2.24, 2.45) is 0 Å². The van der Waals surface area contributed by atoms with E-state index in [-0.39, 0.29) is 5.69 Å². The molecule has 0 aliphatic heterocycles. The number of nitrogens with one attached hydrogen (secondary N) is 1. The third kappa shape index (κ3) is 5.94. The van der Waals surface area contributed by atoms with Gasteiger partial charge in [-0.1, -0.05) is 24.3 Å². The molecule has 7 nitrogen and oxygen atoms in total. The molecule has 0 radical (unpaired) electrons. The van der Waals surface area contributed by atoms with Crippen molar-refractivity contribution in [2.45, 2.75) is 6.18 Å². The molecule has 10 heteroatoms. The number of hydrogen-bond donors (Lipinski definition) is 1. The van der Waals surface area contributed by atoms with Gasteiger partial charge in [-0.3, -0.25) is 14.9 Å². The predicted octanol–water partition coefficient (Wildman–Crippen LogP) is 3.81. The highest BCUT2D eigenvalue weighted by Gasteiger charge is 2.33. The molecule has 2 rings (SSSR count). The van der Waals surface area contributed by atoms with E-state index in [1.807, 2.05) is 5.32 Å². The Morgan fingerprint density at radius 1 is 1.14 bits per heavy atom. The van der Waals surface area contributed by atoms with Crippen LogP contribution < -0.4 is 5.32 Å². The van der Waals surface area contributed by atoms with Crippen LogP contribution in [0, 0.1) is 10.1 Å². The van der Waals surface area contributed by atoms with E-state index in [9.17, 15) is 32.9 Å². The van der Waals surface area contributed by atoms with Crippen LogP contribution >= 0.6 is 0 Å². The van der Waals surface area contributed by atoms with E-state index in [0.29, 0.717) is 5.56 Å². The van der Waals surface area contributed by atoms with Crippen LogP contribution in [0.25, 0.3) is 6.08 Å². The minimum atomic E-state index is -4.65. The Bertz CT molecular complexity index is 925. The molecule has 146 valence electrons. The number of rotatable bonds is 6. The zero-order chi connectivity index (χ0) is 20.7. The zero-order valence-corrected chi connectivity index (χ0v) is 14.1. The molecule has 0 heterocycles. The Balaban J connectivity index is 1.92. The van der Waals surface area contributed by atoms with Gasteiger partial charge in [0.15, 0.2) is 6.61 Å². The molecular formula is C18H13F3N2O5. The Morgan fingerprint density at radius 3 is 2.54 bits per heavy atom. The van der Waals surface area contributed by atoms with Crippen LogP contribution in [-0.4, -0.2) is 23.4 Å². The molecule has 0 aliphatic rings. The van der Waals surface area contributed by atoms with Crippen molar-refractivity contribution in [1.29, 1.82) is 0 Å². The summed E-state index contributed by atoms with van der Waals surface area (Å²) in [6.45, 7) is -0.801. The Kier molecular flexibility index (Phi) is 6.48. The first-order chi connectivity index (χ1) is 13.2. The lowest BCUT2D eigenvalue weighted by Crippen LogP contribution is -2.22. The van der Waals surface area contributed by atoms with Gasteiger partial charge in [0.2, 0.25) is 0 Å². The van der Waals surface area contributed by atoms with E-state index in [1.165, 1.54) is 42.5 Å². The van der Waals surface area contributed by atoms with Crippen molar-refractivity contribution < 1.29 is 32.4 Å². The number of non-ortho nitro benzene ring substituents is 1. The minimum absolute atomic E-state index is 0.168. The van der Waals surface area contributed by atoms with Crippen molar-refractivity contribution in [3.8, 4) is 0 Å². The molecule has 0 unspecified atom stereocenters. The van der Waals surface area contributed by atoms with E-state index in [1.54, 1.807) is 0 Å². The summed E-state index contributed by atoms with van der Waals surface area (Å²) in [7, 11) is 0. The molecule has 0 aromatic heterocycles. The second-order valence-corrected chi connectivity index (χ2v) is 5.38. The van der Waals surface area contributed by atoms with E-state index < -0.39 is 40.8 Å². The Labute approximate surface area is 156 Å². The van der Waals surface area contributed by atoms with E-state index in [4.69, 9.17) is 0 Å². The first-order valence-corrected chi connectivity index (χ1v) is 7.72. The molecule has 0 atom stereocenters. The second-order valence-electron chi connectivity index (χ2n) is 5.38. The fraction of sp³-hybridized carbons (Fsp3) is 0.111. The Morgan fingerprint density at radius 2 is 1.86 bits per heavy atom. The number of nitrogens with zero attached hydrogens (tertiary/aromatic N) is 1. The number of carbonyl (C=O) groups excluding carboxylic acids is 2. The normalized spacial score (nSPS) is 11.2. The monoisotopic (exact) mass is 394 g/mol. The standard InChI is InChI=1S/C18H13F3N2O5/c19-18(20,21)14-6-1-2-7-15(14)22-16(24)11-28-17(25)9-8-12-4-3-5-13(10-12)23(26)27/h1-10H,11H2,(H,22,24). The highest BCUT2D eigenvalue weighted by molar-refractivity contribution is 5.95. The lowest BCUT2D eigenvalue weighted by atomic mass is 10.1. The van der Waals surface area contributed by atoms with Gasteiger partial charge >= 0.3 is 12.1 Å². The molecule has 28 heavy (non-hydrogen) atoms. The molecule has 1 amide bonds. The van der Waals surface area contributed by atoms with Gasteiger partial charge in [0, 0.05) is 18.2 Å². The van der Waals surface area contributed by atoms with Gasteiger partial charge in [-0.05, 0) is 23.8 Å². The van der Waals surface area contributed by atoms with Crippen molar-refractivity contribution in [2.75, 3.05) is 11.9 Å². The van der Waals surface area contributed by atoms with Crippen LogP contribution in [-0.2, 0) is 20.5 Å². The molecule has 0 saturated carbocycles. The first-order valence-electron chi connectivity index (χ1n) is 7.72. The fourth-order valence-electron chi connectivity index (χ4n) is 2.12. The number of esters is 1. The number of nitro benzene ring substituents is 1. The maximum absolute atomic E-state index is 12.9. The van der Waals surface area contributed by atoms with Gasteiger partial charge in [-0.25, -0.2) is 4.79 Å². The summed E-state index contributed by atoms with van der Waals surface area (Å²) in [5.74, 6) is -1.89. The topological polar surface area (TPSA) is 98.5 Å². The number of alkyl halides is 3. The maximum Gasteiger partial charge on any atom is 0.418 e. The molecule has 0 spiro atoms. The van der Waals surface area contributed by atoms with Gasteiger partial charge < -0.3 is 10.1 Å². The minimum Gasteiger partial charge on any atom is -0.452 e. The maximum atomic E-state index is 12.9. The first kappa shape index (κ1) is 20.6. The molecule has 0 aliphatic carbocycles. The van der Waals surface area contributed by atoms with Gasteiger partial charge in [-0.2, -0.15) is 13.2 Å². The predicted molar refractivity (Wildman–Crippen MR) is 93.2 cm³/mol. The summed E-state index contributed by atoms with van der Waals surface area (Å²) in [6, 6.07) is 9.82. The number of anilines is 1. The molecule has 0 saturated heterocycles. The smallest absolute Gasteiger partial charge is 0.418 e. The van der Waals surface area contributed by atoms with Gasteiger partial charge in [-0.15, -0.1) is 0 Å². The van der Waals surface area contributed by atoms with E-state index in [0.717, 1.165) is 18.2 Å². The number of nitro groups is 1. The van der Waals surface area contributed by atoms with Crippen LogP contribution in [0.1, 0.15) is 11.1 Å². The van der Waals surface area contributed by atoms with Gasteiger partial charge in [0.05, 0.1) is 16.2 Å². The number of benzene rings is 2. The highest BCUT2D eigenvalue weighted by atomic mass is 19.4. The van der Waals surface area contributed by atoms with Crippen molar-refractivity contribution in [1.82, 2.24) is 0 Å². The highest BCUT2D eigenvalue weighted by Crippen LogP contribution is 2.34. The zero-order valence-electron chi connectivity index (χ0n) is 14.1. The van der Waals surface area contributed by atoms with Crippen molar-refractivity contribution in [3.63, 3.8) is 0 Å². The van der Waals surface area contributed by atoms with Crippen molar-refractivity contribution >= 4 is 29.3 Å². The average Bonchev–Trinajstić information content (AvgIpc) is 2.64. The second kappa shape index (κ2) is 8.80. The molecule has 1 N–H and O–H groups in total. The summed E-state index contributed by atoms with van der Waals surface area (Å²) >= 11 is 0. The van der Waals surface area contributed by atoms with Crippen LogP contribution in [0.5, 0.6) is 0 Å². The third-order valence-electron chi connectivity index (χ3n) is 3.34. The third-order valence-corrected chi connectivity index (χ3v) is 3.34. The summed E-state index contributed by atoms with van der Waals surface area (Å²) < 4.78 is 43.2. The number of halogens is 3. The molecule has 0 bridgehead atoms.